The van der Waals surface area contributed by atoms with E-state index in [1.54, 1.807) is 18.2 Å². The van der Waals surface area contributed by atoms with Gasteiger partial charge in [-0.3, -0.25) is 4.79 Å². The molecule has 3 aromatic rings. The highest BCUT2D eigenvalue weighted by atomic mass is 79.9. The zero-order valence-corrected chi connectivity index (χ0v) is 20.3. The molecule has 5 nitrogen and oxygen atoms in total. The van der Waals surface area contributed by atoms with E-state index in [0.717, 1.165) is 25.6 Å². The van der Waals surface area contributed by atoms with Gasteiger partial charge in [0, 0.05) is 20.7 Å². The number of rotatable bonds is 7. The van der Waals surface area contributed by atoms with Crippen LogP contribution in [0.25, 0.3) is 0 Å². The van der Waals surface area contributed by atoms with Gasteiger partial charge in [0.2, 0.25) is 0 Å². The van der Waals surface area contributed by atoms with E-state index in [4.69, 9.17) is 4.74 Å². The number of carbonyl (C=O) groups excluding carboxylic acids is 1. The van der Waals surface area contributed by atoms with Gasteiger partial charge in [-0.2, -0.15) is 0 Å². The fraction of sp³-hybridized carbons (Fsp3) is 0.208. The second-order valence-electron chi connectivity index (χ2n) is 7.48. The number of aromatic hydroxyl groups is 2. The number of benzene rings is 3. The maximum atomic E-state index is 12.1. The highest BCUT2D eigenvalue weighted by molar-refractivity contribution is 9.11. The van der Waals surface area contributed by atoms with Crippen molar-refractivity contribution in [2.75, 3.05) is 11.9 Å². The molecule has 7 heteroatoms. The fourth-order valence-electron chi connectivity index (χ4n) is 3.14. The highest BCUT2D eigenvalue weighted by Gasteiger charge is 2.13. The lowest BCUT2D eigenvalue weighted by atomic mass is 9.96. The number of phenols is 2. The number of carbonyl (C=O) groups is 1. The first kappa shape index (κ1) is 23.2. The van der Waals surface area contributed by atoms with Crippen LogP contribution in [0, 0.1) is 0 Å². The Kier molecular flexibility index (Phi) is 7.62. The Labute approximate surface area is 198 Å². The van der Waals surface area contributed by atoms with Gasteiger partial charge in [0.1, 0.15) is 17.2 Å². The van der Waals surface area contributed by atoms with Crippen molar-refractivity contribution in [2.24, 2.45) is 0 Å². The van der Waals surface area contributed by atoms with Crippen molar-refractivity contribution in [1.82, 2.24) is 0 Å². The van der Waals surface area contributed by atoms with Crippen LogP contribution in [0.15, 0.2) is 63.5 Å². The summed E-state index contributed by atoms with van der Waals surface area (Å²) in [6, 6.07) is 15.7. The summed E-state index contributed by atoms with van der Waals surface area (Å²) in [7, 11) is 0. The van der Waals surface area contributed by atoms with Gasteiger partial charge >= 0.3 is 0 Å². The Morgan fingerprint density at radius 3 is 2.39 bits per heavy atom. The maximum Gasteiger partial charge on any atom is 0.262 e. The second-order valence-corrected chi connectivity index (χ2v) is 9.19. The van der Waals surface area contributed by atoms with Crippen molar-refractivity contribution in [3.8, 4) is 17.2 Å². The van der Waals surface area contributed by atoms with Gasteiger partial charge in [-0.15, -0.1) is 0 Å². The lowest BCUT2D eigenvalue weighted by molar-refractivity contribution is -0.118. The van der Waals surface area contributed by atoms with Crippen molar-refractivity contribution < 1.29 is 19.7 Å². The van der Waals surface area contributed by atoms with Crippen molar-refractivity contribution >= 4 is 43.5 Å². The second kappa shape index (κ2) is 10.2. The first-order valence-electron chi connectivity index (χ1n) is 9.74. The standard InChI is InChI=1S/C24H23Br2NO4/c1-14(2)19-8-15(6-7-23(19)29)9-20-21(25)11-18(12-22(20)26)31-13-24(30)27-16-4-3-5-17(28)10-16/h3-8,10-12,14,28-29H,9,13H2,1-2H3,(H,27,30). The summed E-state index contributed by atoms with van der Waals surface area (Å²) in [5.41, 5.74) is 3.54. The summed E-state index contributed by atoms with van der Waals surface area (Å²) in [5, 5.41) is 22.2. The van der Waals surface area contributed by atoms with E-state index < -0.39 is 0 Å². The number of nitrogens with one attached hydrogen (secondary N) is 1. The molecule has 0 radical (unpaired) electrons. The van der Waals surface area contributed by atoms with Crippen LogP contribution in [0.1, 0.15) is 36.5 Å². The summed E-state index contributed by atoms with van der Waals surface area (Å²) in [4.78, 5) is 12.1. The van der Waals surface area contributed by atoms with Crippen LogP contribution in [0.2, 0.25) is 0 Å². The minimum Gasteiger partial charge on any atom is -0.508 e. The molecule has 0 saturated carbocycles. The number of anilines is 1. The molecule has 31 heavy (non-hydrogen) atoms. The van der Waals surface area contributed by atoms with Crippen LogP contribution in [-0.2, 0) is 11.2 Å². The molecule has 3 N–H and O–H groups in total. The van der Waals surface area contributed by atoms with E-state index in [1.165, 1.54) is 12.1 Å². The molecule has 1 amide bonds. The summed E-state index contributed by atoms with van der Waals surface area (Å²) < 4.78 is 7.34. The van der Waals surface area contributed by atoms with Crippen LogP contribution >= 0.6 is 31.9 Å². The van der Waals surface area contributed by atoms with E-state index >= 15 is 0 Å². The lowest BCUT2D eigenvalue weighted by Gasteiger charge is -2.14. The Bertz CT molecular complexity index is 1080. The van der Waals surface area contributed by atoms with Crippen LogP contribution in [0.5, 0.6) is 17.2 Å². The number of halogens is 2. The molecule has 0 saturated heterocycles. The zero-order valence-electron chi connectivity index (χ0n) is 17.2. The molecule has 0 spiro atoms. The Morgan fingerprint density at radius 1 is 1.03 bits per heavy atom. The number of hydrogen-bond donors (Lipinski definition) is 3. The summed E-state index contributed by atoms with van der Waals surface area (Å²) in [6.45, 7) is 3.94. The molecule has 0 fully saturated rings. The van der Waals surface area contributed by atoms with Gasteiger partial charge < -0.3 is 20.3 Å². The van der Waals surface area contributed by atoms with Crippen molar-refractivity contribution in [3.05, 3.63) is 80.2 Å². The van der Waals surface area contributed by atoms with Crippen molar-refractivity contribution in [1.29, 1.82) is 0 Å². The molecular weight excluding hydrogens is 526 g/mol. The molecule has 0 aliphatic heterocycles. The maximum absolute atomic E-state index is 12.1. The lowest BCUT2D eigenvalue weighted by Crippen LogP contribution is -2.20. The largest absolute Gasteiger partial charge is 0.508 e. The van der Waals surface area contributed by atoms with Gasteiger partial charge in [0.05, 0.1) is 0 Å². The fourth-order valence-corrected chi connectivity index (χ4v) is 4.57. The normalized spacial score (nSPS) is 10.9. The van der Waals surface area contributed by atoms with Crippen LogP contribution in [0.3, 0.4) is 0 Å². The Morgan fingerprint density at radius 2 is 1.74 bits per heavy atom. The molecule has 0 aliphatic rings. The third-order valence-corrected chi connectivity index (χ3v) is 6.12. The smallest absolute Gasteiger partial charge is 0.262 e. The van der Waals surface area contributed by atoms with Crippen LogP contribution < -0.4 is 10.1 Å². The topological polar surface area (TPSA) is 78.8 Å². The van der Waals surface area contributed by atoms with E-state index in [1.807, 2.05) is 38.1 Å². The number of ether oxygens (including phenoxy) is 1. The SMILES string of the molecule is CC(C)c1cc(Cc2c(Br)cc(OCC(=O)Nc3cccc(O)c3)cc2Br)ccc1O. The van der Waals surface area contributed by atoms with Crippen LogP contribution in [-0.4, -0.2) is 22.7 Å². The predicted molar refractivity (Wildman–Crippen MR) is 129 cm³/mol. The highest BCUT2D eigenvalue weighted by Crippen LogP contribution is 2.34. The Balaban J connectivity index is 1.67. The molecule has 3 aromatic carbocycles. The molecule has 3 rings (SSSR count). The average Bonchev–Trinajstić information content (AvgIpc) is 2.70. The zero-order chi connectivity index (χ0) is 22.5. The van der Waals surface area contributed by atoms with E-state index in [2.05, 4.69) is 37.2 Å². The summed E-state index contributed by atoms with van der Waals surface area (Å²) >= 11 is 7.20. The molecule has 0 unspecified atom stereocenters. The van der Waals surface area contributed by atoms with E-state index in [-0.39, 0.29) is 24.2 Å². The minimum absolute atomic E-state index is 0.0799. The number of amides is 1. The van der Waals surface area contributed by atoms with Crippen molar-refractivity contribution in [2.45, 2.75) is 26.2 Å². The van der Waals surface area contributed by atoms with Gasteiger partial charge in [0.25, 0.3) is 5.91 Å². The summed E-state index contributed by atoms with van der Waals surface area (Å²) in [6.07, 6.45) is 0.666. The predicted octanol–water partition coefficient (Wildman–Crippen LogP) is 6.35. The van der Waals surface area contributed by atoms with Gasteiger partial charge in [0.15, 0.2) is 6.61 Å². The average molecular weight is 549 g/mol. The van der Waals surface area contributed by atoms with Crippen molar-refractivity contribution in [3.63, 3.8) is 0 Å². The quantitative estimate of drug-likeness (QED) is 0.321. The minimum atomic E-state index is -0.327. The molecule has 0 atom stereocenters. The monoisotopic (exact) mass is 547 g/mol. The third kappa shape index (κ3) is 6.24. The Hall–Kier alpha value is -2.51. The molecular formula is C24H23Br2NO4. The van der Waals surface area contributed by atoms with E-state index in [9.17, 15) is 15.0 Å². The molecule has 0 heterocycles. The van der Waals surface area contributed by atoms with E-state index in [0.29, 0.717) is 23.6 Å². The molecule has 0 aliphatic carbocycles. The van der Waals surface area contributed by atoms with Gasteiger partial charge in [-0.05, 0) is 59.4 Å². The van der Waals surface area contributed by atoms with Gasteiger partial charge in [-0.1, -0.05) is 63.9 Å². The summed E-state index contributed by atoms with van der Waals surface area (Å²) in [5.74, 6) is 0.837. The number of hydrogen-bond acceptors (Lipinski definition) is 4. The molecule has 162 valence electrons. The van der Waals surface area contributed by atoms with Crippen LogP contribution in [0.4, 0.5) is 5.69 Å². The first-order chi connectivity index (χ1) is 14.7. The van der Waals surface area contributed by atoms with Gasteiger partial charge in [-0.25, -0.2) is 0 Å². The number of phenolic OH excluding ortho intramolecular Hbond substituents is 2. The molecule has 0 bridgehead atoms. The first-order valence-corrected chi connectivity index (χ1v) is 11.3. The molecule has 0 aromatic heterocycles. The third-order valence-electron chi connectivity index (χ3n) is 4.71.